The van der Waals surface area contributed by atoms with Crippen LogP contribution >= 0.6 is 0 Å². The highest BCUT2D eigenvalue weighted by Crippen LogP contribution is 2.34. The summed E-state index contributed by atoms with van der Waals surface area (Å²) in [6, 6.07) is 16.0. The Labute approximate surface area is 171 Å². The number of carbonyl (C=O) groups is 1. The minimum absolute atomic E-state index is 0.0267. The molecule has 1 aromatic heterocycles. The van der Waals surface area contributed by atoms with Crippen molar-refractivity contribution in [2.45, 2.75) is 39.0 Å². The molecule has 0 spiro atoms. The first-order chi connectivity index (χ1) is 13.6. The molecule has 0 aliphatic carbocycles. The van der Waals surface area contributed by atoms with Crippen LogP contribution in [-0.4, -0.2) is 19.5 Å². The molecule has 6 nitrogen and oxygen atoms in total. The Hall–Kier alpha value is -2.93. The molecular formula is C22H24N2O4S. The maximum atomic E-state index is 12.5. The molecule has 0 saturated heterocycles. The van der Waals surface area contributed by atoms with Gasteiger partial charge in [0.2, 0.25) is 5.91 Å². The van der Waals surface area contributed by atoms with E-state index in [-0.39, 0.29) is 16.7 Å². The van der Waals surface area contributed by atoms with Crippen molar-refractivity contribution in [3.8, 4) is 22.4 Å². The highest BCUT2D eigenvalue weighted by molar-refractivity contribution is 7.90. The average molecular weight is 413 g/mol. The first-order valence-electron chi connectivity index (χ1n) is 9.25. The Morgan fingerprint density at radius 2 is 1.62 bits per heavy atom. The molecule has 0 saturated carbocycles. The molecular weight excluding hydrogens is 388 g/mol. The summed E-state index contributed by atoms with van der Waals surface area (Å²) in [6.45, 7) is 7.44. The van der Waals surface area contributed by atoms with E-state index in [0.717, 1.165) is 16.7 Å². The second-order valence-corrected chi connectivity index (χ2v) is 9.80. The monoisotopic (exact) mass is 412 g/mol. The molecule has 3 rings (SSSR count). The van der Waals surface area contributed by atoms with E-state index in [1.807, 2.05) is 58.0 Å². The smallest absolute Gasteiger partial charge is 0.264 e. The van der Waals surface area contributed by atoms with Crippen LogP contribution < -0.4 is 4.72 Å². The lowest BCUT2D eigenvalue weighted by Gasteiger charge is -2.17. The van der Waals surface area contributed by atoms with Gasteiger partial charge >= 0.3 is 0 Å². The summed E-state index contributed by atoms with van der Waals surface area (Å²) in [5.41, 5.74) is 2.88. The van der Waals surface area contributed by atoms with Gasteiger partial charge in [-0.3, -0.25) is 4.79 Å². The maximum absolute atomic E-state index is 12.5. The summed E-state index contributed by atoms with van der Waals surface area (Å²) >= 11 is 0. The van der Waals surface area contributed by atoms with Crippen molar-refractivity contribution < 1.29 is 17.7 Å². The first kappa shape index (κ1) is 20.8. The lowest BCUT2D eigenvalue weighted by Crippen LogP contribution is -2.33. The Morgan fingerprint density at radius 3 is 2.21 bits per heavy atom. The van der Waals surface area contributed by atoms with Crippen molar-refractivity contribution in [2.24, 2.45) is 5.41 Å². The lowest BCUT2D eigenvalue weighted by atomic mass is 9.92. The highest BCUT2D eigenvalue weighted by Gasteiger charge is 2.23. The third-order valence-corrected chi connectivity index (χ3v) is 5.69. The SMILES string of the molecule is Cc1onc(-c2ccccc2)c1-c1ccc(S(=O)(=O)NC(=O)CC(C)(C)C)cc1. The standard InChI is InChI=1S/C22H24N2O4S/c1-15-20(21(23-28-15)17-8-6-5-7-9-17)16-10-12-18(13-11-16)29(26,27)24-19(25)14-22(2,3)4/h5-13H,14H2,1-4H3,(H,24,25). The second-order valence-electron chi connectivity index (χ2n) is 8.12. The summed E-state index contributed by atoms with van der Waals surface area (Å²) in [7, 11) is -3.93. The van der Waals surface area contributed by atoms with Gasteiger partial charge in [-0.05, 0) is 30.0 Å². The Balaban J connectivity index is 1.88. The summed E-state index contributed by atoms with van der Waals surface area (Å²) in [5.74, 6) is 0.112. The van der Waals surface area contributed by atoms with Crippen LogP contribution in [0.1, 0.15) is 33.0 Å². The molecule has 1 N–H and O–H groups in total. The number of sulfonamides is 1. The van der Waals surface area contributed by atoms with Crippen LogP contribution in [0, 0.1) is 12.3 Å². The number of benzene rings is 2. The maximum Gasteiger partial charge on any atom is 0.264 e. The van der Waals surface area contributed by atoms with Gasteiger partial charge in [0, 0.05) is 12.0 Å². The molecule has 152 valence electrons. The third-order valence-electron chi connectivity index (χ3n) is 4.30. The van der Waals surface area contributed by atoms with Gasteiger partial charge in [-0.25, -0.2) is 13.1 Å². The molecule has 0 radical (unpaired) electrons. The van der Waals surface area contributed by atoms with E-state index in [2.05, 4.69) is 9.88 Å². The van der Waals surface area contributed by atoms with E-state index in [0.29, 0.717) is 11.5 Å². The van der Waals surface area contributed by atoms with Gasteiger partial charge in [0.1, 0.15) is 11.5 Å². The van der Waals surface area contributed by atoms with E-state index in [1.165, 1.54) is 12.1 Å². The predicted octanol–water partition coefficient (Wildman–Crippen LogP) is 4.56. The van der Waals surface area contributed by atoms with Gasteiger partial charge in [0.15, 0.2) is 0 Å². The number of hydrogen-bond acceptors (Lipinski definition) is 5. The first-order valence-corrected chi connectivity index (χ1v) is 10.7. The van der Waals surface area contributed by atoms with Crippen molar-refractivity contribution in [3.05, 3.63) is 60.4 Å². The normalized spacial score (nSPS) is 12.0. The van der Waals surface area contributed by atoms with Crippen LogP contribution in [0.5, 0.6) is 0 Å². The van der Waals surface area contributed by atoms with Gasteiger partial charge in [-0.2, -0.15) is 0 Å². The van der Waals surface area contributed by atoms with Gasteiger partial charge in [-0.15, -0.1) is 0 Å². The fraction of sp³-hybridized carbons (Fsp3) is 0.273. The number of aromatic nitrogens is 1. The minimum atomic E-state index is -3.93. The van der Waals surface area contributed by atoms with Crippen molar-refractivity contribution in [3.63, 3.8) is 0 Å². The summed E-state index contributed by atoms with van der Waals surface area (Å²) in [4.78, 5) is 12.1. The zero-order valence-corrected chi connectivity index (χ0v) is 17.7. The number of hydrogen-bond donors (Lipinski definition) is 1. The van der Waals surface area contributed by atoms with E-state index in [1.54, 1.807) is 12.1 Å². The molecule has 2 aromatic carbocycles. The number of nitrogens with one attached hydrogen (secondary N) is 1. The van der Waals surface area contributed by atoms with Crippen molar-refractivity contribution in [1.82, 2.24) is 9.88 Å². The number of aryl methyl sites for hydroxylation is 1. The molecule has 7 heteroatoms. The number of carbonyl (C=O) groups excluding carboxylic acids is 1. The summed E-state index contributed by atoms with van der Waals surface area (Å²) in [5, 5.41) is 4.16. The molecule has 0 unspecified atom stereocenters. The van der Waals surface area contributed by atoms with Gasteiger partial charge < -0.3 is 4.52 Å². The van der Waals surface area contributed by atoms with Crippen LogP contribution in [0.2, 0.25) is 0 Å². The second kappa shape index (κ2) is 7.83. The summed E-state index contributed by atoms with van der Waals surface area (Å²) < 4.78 is 32.5. The van der Waals surface area contributed by atoms with Crippen LogP contribution in [0.15, 0.2) is 64.0 Å². The molecule has 0 bridgehead atoms. The van der Waals surface area contributed by atoms with E-state index >= 15 is 0 Å². The predicted molar refractivity (Wildman–Crippen MR) is 112 cm³/mol. The Kier molecular flexibility index (Phi) is 5.61. The van der Waals surface area contributed by atoms with Crippen LogP contribution in [0.4, 0.5) is 0 Å². The van der Waals surface area contributed by atoms with E-state index in [4.69, 9.17) is 4.52 Å². The topological polar surface area (TPSA) is 89.3 Å². The van der Waals surface area contributed by atoms with Crippen molar-refractivity contribution >= 4 is 15.9 Å². The van der Waals surface area contributed by atoms with Gasteiger partial charge in [0.25, 0.3) is 10.0 Å². The molecule has 3 aromatic rings. The van der Waals surface area contributed by atoms with E-state index < -0.39 is 15.9 Å². The zero-order valence-electron chi connectivity index (χ0n) is 16.9. The highest BCUT2D eigenvalue weighted by atomic mass is 32.2. The average Bonchev–Trinajstić information content (AvgIpc) is 3.02. The minimum Gasteiger partial charge on any atom is -0.360 e. The molecule has 1 amide bonds. The van der Waals surface area contributed by atoms with Crippen LogP contribution in [0.25, 0.3) is 22.4 Å². The third kappa shape index (κ3) is 4.92. The van der Waals surface area contributed by atoms with Gasteiger partial charge in [-0.1, -0.05) is 68.4 Å². The van der Waals surface area contributed by atoms with Gasteiger partial charge in [0.05, 0.1) is 10.5 Å². The van der Waals surface area contributed by atoms with Crippen LogP contribution in [-0.2, 0) is 14.8 Å². The number of rotatable bonds is 5. The Morgan fingerprint density at radius 1 is 1.00 bits per heavy atom. The molecule has 0 aliphatic heterocycles. The molecule has 0 atom stereocenters. The van der Waals surface area contributed by atoms with Crippen molar-refractivity contribution in [2.75, 3.05) is 0 Å². The quantitative estimate of drug-likeness (QED) is 0.664. The molecule has 0 aliphatic rings. The fourth-order valence-corrected chi connectivity index (χ4v) is 4.02. The number of amides is 1. The van der Waals surface area contributed by atoms with Crippen molar-refractivity contribution in [1.29, 1.82) is 0 Å². The zero-order chi connectivity index (χ0) is 21.2. The summed E-state index contributed by atoms with van der Waals surface area (Å²) in [6.07, 6.45) is 0.116. The Bertz CT molecular complexity index is 1110. The molecule has 29 heavy (non-hydrogen) atoms. The largest absolute Gasteiger partial charge is 0.360 e. The lowest BCUT2D eigenvalue weighted by molar-refractivity contribution is -0.121. The molecule has 1 heterocycles. The fourth-order valence-electron chi connectivity index (χ4n) is 3.03. The van der Waals surface area contributed by atoms with Crippen LogP contribution in [0.3, 0.4) is 0 Å². The molecule has 0 fully saturated rings. The van der Waals surface area contributed by atoms with E-state index in [9.17, 15) is 13.2 Å². The number of nitrogens with zero attached hydrogens (tertiary/aromatic N) is 1.